The van der Waals surface area contributed by atoms with E-state index in [0.29, 0.717) is 16.6 Å². The van der Waals surface area contributed by atoms with Gasteiger partial charge in [-0.3, -0.25) is 4.72 Å². The van der Waals surface area contributed by atoms with Crippen LogP contribution in [0.5, 0.6) is 0 Å². The minimum atomic E-state index is -3.39. The Kier molecular flexibility index (Phi) is 3.72. The molecule has 0 aliphatic carbocycles. The molecule has 0 atom stereocenters. The van der Waals surface area contributed by atoms with E-state index in [1.54, 1.807) is 18.2 Å². The van der Waals surface area contributed by atoms with E-state index in [4.69, 9.17) is 5.73 Å². The first kappa shape index (κ1) is 15.9. The number of carbonyl (C=O) groups excluding carboxylic acids is 1. The van der Waals surface area contributed by atoms with Crippen molar-refractivity contribution in [1.82, 2.24) is 9.78 Å². The SMILES string of the molecule is CS(=O)(=O)Nc1ccc(-c2ccc3[c]nn(C(N)=O)c3c2F)cc1. The highest BCUT2D eigenvalue weighted by Gasteiger charge is 2.16. The average Bonchev–Trinajstić information content (AvgIpc) is 2.92. The van der Waals surface area contributed by atoms with Crippen molar-refractivity contribution in [3.05, 3.63) is 48.4 Å². The van der Waals surface area contributed by atoms with Gasteiger partial charge < -0.3 is 5.73 Å². The van der Waals surface area contributed by atoms with Gasteiger partial charge in [-0.05, 0) is 23.8 Å². The van der Waals surface area contributed by atoms with Crippen molar-refractivity contribution in [2.24, 2.45) is 5.73 Å². The Morgan fingerprint density at radius 3 is 2.50 bits per heavy atom. The molecular weight excluding hydrogens is 335 g/mol. The number of nitrogens with two attached hydrogens (primary N) is 1. The first-order valence-corrected chi connectivity index (χ1v) is 8.62. The van der Waals surface area contributed by atoms with Crippen LogP contribution in [0.3, 0.4) is 0 Å². The number of anilines is 1. The van der Waals surface area contributed by atoms with E-state index in [-0.39, 0.29) is 11.1 Å². The molecule has 0 fully saturated rings. The molecule has 0 unspecified atom stereocenters. The molecule has 123 valence electrons. The van der Waals surface area contributed by atoms with Crippen LogP contribution in [-0.2, 0) is 10.0 Å². The molecule has 3 rings (SSSR count). The van der Waals surface area contributed by atoms with Gasteiger partial charge >= 0.3 is 6.03 Å². The maximum atomic E-state index is 14.8. The number of sulfonamides is 1. The minimum Gasteiger partial charge on any atom is -0.350 e. The van der Waals surface area contributed by atoms with Gasteiger partial charge in [0, 0.05) is 16.6 Å². The van der Waals surface area contributed by atoms with Gasteiger partial charge in [0.1, 0.15) is 11.7 Å². The fraction of sp³-hybridized carbons (Fsp3) is 0.0667. The van der Waals surface area contributed by atoms with E-state index in [1.807, 2.05) is 0 Å². The number of hydrogen-bond donors (Lipinski definition) is 2. The van der Waals surface area contributed by atoms with Crippen molar-refractivity contribution in [3.8, 4) is 11.1 Å². The van der Waals surface area contributed by atoms with Crippen LogP contribution in [0.1, 0.15) is 0 Å². The first-order valence-electron chi connectivity index (χ1n) is 6.73. The third kappa shape index (κ3) is 2.93. The summed E-state index contributed by atoms with van der Waals surface area (Å²) >= 11 is 0. The zero-order valence-corrected chi connectivity index (χ0v) is 13.3. The summed E-state index contributed by atoms with van der Waals surface area (Å²) in [5.41, 5.74) is 6.20. The third-order valence-electron chi connectivity index (χ3n) is 3.31. The van der Waals surface area contributed by atoms with Gasteiger partial charge in [-0.25, -0.2) is 17.6 Å². The summed E-state index contributed by atoms with van der Waals surface area (Å²) in [5.74, 6) is -0.663. The Morgan fingerprint density at radius 1 is 1.25 bits per heavy atom. The topological polar surface area (TPSA) is 107 Å². The molecule has 0 saturated carbocycles. The maximum Gasteiger partial charge on any atom is 0.340 e. The highest BCUT2D eigenvalue weighted by Crippen LogP contribution is 2.29. The zero-order valence-electron chi connectivity index (χ0n) is 12.4. The molecular formula is C15H12FN4O3S. The fourth-order valence-corrected chi connectivity index (χ4v) is 2.89. The van der Waals surface area contributed by atoms with Gasteiger partial charge in [0.2, 0.25) is 10.0 Å². The number of nitrogens with one attached hydrogen (secondary N) is 1. The molecule has 1 amide bonds. The molecule has 0 aliphatic heterocycles. The summed E-state index contributed by atoms with van der Waals surface area (Å²) in [5, 5.41) is 3.97. The van der Waals surface area contributed by atoms with E-state index in [0.717, 1.165) is 10.9 Å². The summed E-state index contributed by atoms with van der Waals surface area (Å²) in [6.45, 7) is 0. The molecule has 1 aromatic heterocycles. The van der Waals surface area contributed by atoms with Crippen molar-refractivity contribution in [2.45, 2.75) is 0 Å². The first-order chi connectivity index (χ1) is 11.3. The van der Waals surface area contributed by atoms with Gasteiger partial charge in [-0.1, -0.05) is 18.2 Å². The van der Waals surface area contributed by atoms with Gasteiger partial charge in [0.05, 0.1) is 6.26 Å². The predicted molar refractivity (Wildman–Crippen MR) is 87.4 cm³/mol. The Labute approximate surface area is 136 Å². The van der Waals surface area contributed by atoms with Crippen LogP contribution in [0.2, 0.25) is 0 Å². The predicted octanol–water partition coefficient (Wildman–Crippen LogP) is 1.94. The van der Waals surface area contributed by atoms with E-state index in [9.17, 15) is 17.6 Å². The van der Waals surface area contributed by atoms with Crippen LogP contribution in [0.15, 0.2) is 36.4 Å². The summed E-state index contributed by atoms with van der Waals surface area (Å²) in [7, 11) is -3.39. The third-order valence-corrected chi connectivity index (χ3v) is 3.91. The molecule has 9 heteroatoms. The molecule has 1 radical (unpaired) electrons. The van der Waals surface area contributed by atoms with Gasteiger partial charge in [0.25, 0.3) is 0 Å². The lowest BCUT2D eigenvalue weighted by molar-refractivity contribution is 0.248. The molecule has 0 bridgehead atoms. The molecule has 24 heavy (non-hydrogen) atoms. The van der Waals surface area contributed by atoms with E-state index in [1.165, 1.54) is 18.2 Å². The van der Waals surface area contributed by atoms with Crippen LogP contribution >= 0.6 is 0 Å². The minimum absolute atomic E-state index is 0.0571. The van der Waals surface area contributed by atoms with Gasteiger partial charge in [0.15, 0.2) is 5.82 Å². The molecule has 2 aromatic carbocycles. The normalized spacial score (nSPS) is 11.6. The molecule has 1 heterocycles. The molecule has 7 nitrogen and oxygen atoms in total. The average molecular weight is 347 g/mol. The summed E-state index contributed by atoms with van der Waals surface area (Å²) in [4.78, 5) is 11.3. The van der Waals surface area contributed by atoms with Crippen molar-refractivity contribution >= 4 is 32.6 Å². The number of benzene rings is 2. The number of amides is 1. The highest BCUT2D eigenvalue weighted by atomic mass is 32.2. The lowest BCUT2D eigenvalue weighted by Crippen LogP contribution is -2.21. The van der Waals surface area contributed by atoms with E-state index >= 15 is 0 Å². The second-order valence-electron chi connectivity index (χ2n) is 5.14. The molecule has 0 spiro atoms. The summed E-state index contributed by atoms with van der Waals surface area (Å²) in [6, 6.07) is 8.33. The monoisotopic (exact) mass is 347 g/mol. The number of nitrogens with zero attached hydrogens (tertiary/aromatic N) is 2. The van der Waals surface area contributed by atoms with Crippen LogP contribution in [0.4, 0.5) is 14.9 Å². The highest BCUT2D eigenvalue weighted by molar-refractivity contribution is 7.92. The Morgan fingerprint density at radius 2 is 1.92 bits per heavy atom. The van der Waals surface area contributed by atoms with Crippen molar-refractivity contribution < 1.29 is 17.6 Å². The van der Waals surface area contributed by atoms with Crippen molar-refractivity contribution in [3.63, 3.8) is 0 Å². The Bertz CT molecular complexity index is 1040. The fourth-order valence-electron chi connectivity index (χ4n) is 2.33. The maximum absolute atomic E-state index is 14.8. The number of carbonyl (C=O) groups is 1. The number of hydrogen-bond acceptors (Lipinski definition) is 4. The Hall–Kier alpha value is -2.94. The summed E-state index contributed by atoms with van der Waals surface area (Å²) < 4.78 is 40.2. The molecule has 0 saturated heterocycles. The molecule has 3 N–H and O–H groups in total. The number of halogens is 1. The van der Waals surface area contributed by atoms with Crippen LogP contribution in [-0.4, -0.2) is 30.5 Å². The van der Waals surface area contributed by atoms with Gasteiger partial charge in [-0.15, -0.1) is 0 Å². The lowest BCUT2D eigenvalue weighted by Gasteiger charge is -2.08. The molecule has 0 aliphatic rings. The number of rotatable bonds is 3. The zero-order chi connectivity index (χ0) is 17.5. The van der Waals surface area contributed by atoms with Crippen LogP contribution in [0, 0.1) is 12.0 Å². The number of aromatic nitrogens is 2. The Balaban J connectivity index is 2.08. The second kappa shape index (κ2) is 5.60. The van der Waals surface area contributed by atoms with Crippen LogP contribution in [0.25, 0.3) is 22.0 Å². The van der Waals surface area contributed by atoms with Crippen LogP contribution < -0.4 is 10.5 Å². The van der Waals surface area contributed by atoms with E-state index in [2.05, 4.69) is 16.0 Å². The number of fused-ring (bicyclic) bond motifs is 1. The molecule has 3 aromatic rings. The van der Waals surface area contributed by atoms with E-state index < -0.39 is 21.9 Å². The standard InChI is InChI=1S/C15H12FN4O3S/c1-24(22,23)19-11-5-2-9(3-6-11)12-7-4-10-8-18-20(15(17)21)14(10)13(12)16/h2-7,19H,1H3,(H2,17,21). The second-order valence-corrected chi connectivity index (χ2v) is 6.89. The van der Waals surface area contributed by atoms with Crippen molar-refractivity contribution in [2.75, 3.05) is 11.0 Å². The number of primary amides is 1. The summed E-state index contributed by atoms with van der Waals surface area (Å²) in [6.07, 6.45) is 3.56. The van der Waals surface area contributed by atoms with Gasteiger partial charge in [-0.2, -0.15) is 9.78 Å². The lowest BCUT2D eigenvalue weighted by atomic mass is 10.0. The largest absolute Gasteiger partial charge is 0.350 e. The smallest absolute Gasteiger partial charge is 0.340 e. The quantitative estimate of drug-likeness (QED) is 0.755. The van der Waals surface area contributed by atoms with Crippen molar-refractivity contribution in [1.29, 1.82) is 0 Å².